The summed E-state index contributed by atoms with van der Waals surface area (Å²) >= 11 is 6.16. The number of benzene rings is 2. The third-order valence-electron chi connectivity index (χ3n) is 5.70. The van der Waals surface area contributed by atoms with Crippen LogP contribution in [0.4, 0.5) is 11.5 Å². The molecule has 1 aromatic heterocycles. The minimum absolute atomic E-state index is 0.0134. The van der Waals surface area contributed by atoms with E-state index in [4.69, 9.17) is 11.6 Å². The summed E-state index contributed by atoms with van der Waals surface area (Å²) in [5, 5.41) is 12.5. The molecule has 2 heterocycles. The average Bonchev–Trinajstić information content (AvgIpc) is 2.77. The number of nitrogens with zero attached hydrogens (tertiary/aromatic N) is 3. The Labute approximate surface area is 182 Å². The van der Waals surface area contributed by atoms with Crippen molar-refractivity contribution < 1.29 is 4.79 Å². The predicted molar refractivity (Wildman–Crippen MR) is 122 cm³/mol. The maximum absolute atomic E-state index is 12.6. The summed E-state index contributed by atoms with van der Waals surface area (Å²) in [6.45, 7) is 5.58. The van der Waals surface area contributed by atoms with Crippen LogP contribution in [0.25, 0.3) is 11.3 Å². The van der Waals surface area contributed by atoms with Crippen molar-refractivity contribution in [1.82, 2.24) is 10.2 Å². The number of aromatic nitrogens is 2. The lowest BCUT2D eigenvalue weighted by Gasteiger charge is -2.31. The highest BCUT2D eigenvalue weighted by Gasteiger charge is 2.26. The Morgan fingerprint density at radius 1 is 1.00 bits per heavy atom. The van der Waals surface area contributed by atoms with Crippen molar-refractivity contribution in [2.24, 2.45) is 5.92 Å². The van der Waals surface area contributed by atoms with Gasteiger partial charge in [-0.25, -0.2) is 0 Å². The van der Waals surface area contributed by atoms with E-state index < -0.39 is 0 Å². The Kier molecular flexibility index (Phi) is 6.00. The fourth-order valence-corrected chi connectivity index (χ4v) is 3.96. The molecule has 154 valence electrons. The van der Waals surface area contributed by atoms with Gasteiger partial charge in [-0.05, 0) is 62.1 Å². The van der Waals surface area contributed by atoms with Crippen LogP contribution in [0.1, 0.15) is 24.0 Å². The second-order valence-electron chi connectivity index (χ2n) is 7.81. The molecule has 4 rings (SSSR count). The second kappa shape index (κ2) is 8.84. The van der Waals surface area contributed by atoms with Crippen LogP contribution in [0.15, 0.2) is 54.6 Å². The van der Waals surface area contributed by atoms with E-state index in [9.17, 15) is 4.79 Å². The van der Waals surface area contributed by atoms with E-state index in [2.05, 4.69) is 39.5 Å². The summed E-state index contributed by atoms with van der Waals surface area (Å²) in [6.07, 6.45) is 1.57. The summed E-state index contributed by atoms with van der Waals surface area (Å²) in [5.41, 5.74) is 4.90. The molecule has 3 aromatic rings. The topological polar surface area (TPSA) is 58.1 Å². The molecule has 0 bridgehead atoms. The third kappa shape index (κ3) is 4.46. The van der Waals surface area contributed by atoms with E-state index in [1.807, 2.05) is 43.3 Å². The fourth-order valence-electron chi connectivity index (χ4n) is 3.78. The quantitative estimate of drug-likeness (QED) is 0.624. The van der Waals surface area contributed by atoms with Gasteiger partial charge in [0.25, 0.3) is 0 Å². The van der Waals surface area contributed by atoms with E-state index in [1.54, 1.807) is 6.07 Å². The van der Waals surface area contributed by atoms with Crippen molar-refractivity contribution in [3.63, 3.8) is 0 Å². The average molecular weight is 421 g/mol. The van der Waals surface area contributed by atoms with Gasteiger partial charge in [-0.1, -0.05) is 41.9 Å². The highest BCUT2D eigenvalue weighted by molar-refractivity contribution is 6.31. The SMILES string of the molecule is Cc1ccc(NC(=O)C2CCN(c3ccc(-c4ccccc4C)nn3)CC2)cc1Cl. The first-order valence-corrected chi connectivity index (χ1v) is 10.6. The number of carbonyl (C=O) groups is 1. The second-order valence-corrected chi connectivity index (χ2v) is 8.21. The highest BCUT2D eigenvalue weighted by Crippen LogP contribution is 2.26. The molecule has 0 radical (unpaired) electrons. The van der Waals surface area contributed by atoms with E-state index in [1.165, 1.54) is 5.56 Å². The van der Waals surface area contributed by atoms with Gasteiger partial charge in [0.2, 0.25) is 5.91 Å². The maximum Gasteiger partial charge on any atom is 0.227 e. The number of hydrogen-bond acceptors (Lipinski definition) is 4. The number of piperidine rings is 1. The minimum Gasteiger partial charge on any atom is -0.355 e. The number of rotatable bonds is 4. The number of carbonyl (C=O) groups excluding carboxylic acids is 1. The Bertz CT molecular complexity index is 1040. The molecule has 1 N–H and O–H groups in total. The van der Waals surface area contributed by atoms with Crippen molar-refractivity contribution in [3.8, 4) is 11.3 Å². The number of aryl methyl sites for hydroxylation is 2. The van der Waals surface area contributed by atoms with Crippen molar-refractivity contribution >= 4 is 29.0 Å². The molecule has 1 amide bonds. The van der Waals surface area contributed by atoms with Crippen molar-refractivity contribution in [3.05, 3.63) is 70.7 Å². The van der Waals surface area contributed by atoms with Crippen LogP contribution in [-0.4, -0.2) is 29.2 Å². The first-order chi connectivity index (χ1) is 14.5. The van der Waals surface area contributed by atoms with Gasteiger partial charge < -0.3 is 10.2 Å². The zero-order chi connectivity index (χ0) is 21.1. The van der Waals surface area contributed by atoms with Crippen LogP contribution in [0, 0.1) is 19.8 Å². The normalized spacial score (nSPS) is 14.6. The zero-order valence-electron chi connectivity index (χ0n) is 17.2. The van der Waals surface area contributed by atoms with Crippen LogP contribution in [-0.2, 0) is 4.79 Å². The summed E-state index contributed by atoms with van der Waals surface area (Å²) in [7, 11) is 0. The van der Waals surface area contributed by atoms with E-state index in [0.717, 1.165) is 54.3 Å². The molecule has 1 aliphatic heterocycles. The molecule has 0 aliphatic carbocycles. The van der Waals surface area contributed by atoms with Gasteiger partial charge in [0, 0.05) is 35.3 Å². The zero-order valence-corrected chi connectivity index (χ0v) is 18.0. The van der Waals surface area contributed by atoms with E-state index in [-0.39, 0.29) is 11.8 Å². The van der Waals surface area contributed by atoms with Crippen LogP contribution >= 0.6 is 11.6 Å². The standard InChI is InChI=1S/C24H25ClN4O/c1-16-5-3-4-6-20(16)22-9-10-23(28-27-22)29-13-11-18(12-14-29)24(30)26-19-8-7-17(2)21(25)15-19/h3-10,15,18H,11-14H2,1-2H3,(H,26,30). The third-order valence-corrected chi connectivity index (χ3v) is 6.11. The van der Waals surface area contributed by atoms with Crippen LogP contribution < -0.4 is 10.2 Å². The van der Waals surface area contributed by atoms with Crippen molar-refractivity contribution in [2.75, 3.05) is 23.3 Å². The van der Waals surface area contributed by atoms with Gasteiger partial charge in [-0.2, -0.15) is 0 Å². The smallest absolute Gasteiger partial charge is 0.227 e. The first kappa shape index (κ1) is 20.4. The molecule has 0 unspecified atom stereocenters. The predicted octanol–water partition coefficient (Wildman–Crippen LogP) is 5.27. The maximum atomic E-state index is 12.6. The number of halogens is 1. The summed E-state index contributed by atoms with van der Waals surface area (Å²) in [6, 6.07) is 17.8. The summed E-state index contributed by atoms with van der Waals surface area (Å²) in [4.78, 5) is 14.8. The lowest BCUT2D eigenvalue weighted by Crippen LogP contribution is -2.38. The van der Waals surface area contributed by atoms with Crippen molar-refractivity contribution in [2.45, 2.75) is 26.7 Å². The number of hydrogen-bond donors (Lipinski definition) is 1. The van der Waals surface area contributed by atoms with Gasteiger partial charge in [-0.3, -0.25) is 4.79 Å². The summed E-state index contributed by atoms with van der Waals surface area (Å²) < 4.78 is 0. The van der Waals surface area contributed by atoms with Gasteiger partial charge in [0.05, 0.1) is 5.69 Å². The largest absolute Gasteiger partial charge is 0.355 e. The molecule has 30 heavy (non-hydrogen) atoms. The number of amides is 1. The molecule has 2 aromatic carbocycles. The van der Waals surface area contributed by atoms with Crippen LogP contribution in [0.2, 0.25) is 5.02 Å². The molecule has 1 fully saturated rings. The molecule has 6 heteroatoms. The van der Waals surface area contributed by atoms with Gasteiger partial charge in [0.1, 0.15) is 0 Å². The van der Waals surface area contributed by atoms with Gasteiger partial charge >= 0.3 is 0 Å². The molecular formula is C24H25ClN4O. The molecule has 0 spiro atoms. The molecule has 5 nitrogen and oxygen atoms in total. The Morgan fingerprint density at radius 3 is 2.43 bits per heavy atom. The Balaban J connectivity index is 1.35. The van der Waals surface area contributed by atoms with Crippen molar-refractivity contribution in [1.29, 1.82) is 0 Å². The lowest BCUT2D eigenvalue weighted by molar-refractivity contribution is -0.120. The lowest BCUT2D eigenvalue weighted by atomic mass is 9.95. The number of anilines is 2. The van der Waals surface area contributed by atoms with Crippen LogP contribution in [0.5, 0.6) is 0 Å². The number of nitrogens with one attached hydrogen (secondary N) is 1. The minimum atomic E-state index is -0.0134. The molecular weight excluding hydrogens is 396 g/mol. The molecule has 0 saturated carbocycles. The summed E-state index contributed by atoms with van der Waals surface area (Å²) in [5.74, 6) is 0.896. The first-order valence-electron chi connectivity index (χ1n) is 10.2. The Morgan fingerprint density at radius 2 is 1.77 bits per heavy atom. The monoisotopic (exact) mass is 420 g/mol. The van der Waals surface area contributed by atoms with Gasteiger partial charge in [-0.15, -0.1) is 10.2 Å². The van der Waals surface area contributed by atoms with Gasteiger partial charge in [0.15, 0.2) is 5.82 Å². The van der Waals surface area contributed by atoms with E-state index in [0.29, 0.717) is 5.02 Å². The molecule has 0 atom stereocenters. The molecule has 1 aliphatic rings. The fraction of sp³-hybridized carbons (Fsp3) is 0.292. The van der Waals surface area contributed by atoms with Crippen LogP contribution in [0.3, 0.4) is 0 Å². The Hall–Kier alpha value is -2.92. The van der Waals surface area contributed by atoms with E-state index >= 15 is 0 Å². The molecule has 1 saturated heterocycles. The highest BCUT2D eigenvalue weighted by atomic mass is 35.5.